The molecule has 3 aromatic carbocycles. The molecule has 1 heterocycles. The molecule has 3 aromatic rings. The van der Waals surface area contributed by atoms with E-state index in [4.69, 9.17) is 4.99 Å². The normalized spacial score (nSPS) is 16.4. The predicted molar refractivity (Wildman–Crippen MR) is 123 cm³/mol. The zero-order valence-electron chi connectivity index (χ0n) is 16.9. The number of aryl methyl sites for hydroxylation is 1. The summed E-state index contributed by atoms with van der Waals surface area (Å²) in [5.41, 5.74) is 7.74. The van der Waals surface area contributed by atoms with Crippen molar-refractivity contribution in [3.8, 4) is 11.1 Å². The summed E-state index contributed by atoms with van der Waals surface area (Å²) < 4.78 is 0. The van der Waals surface area contributed by atoms with E-state index >= 15 is 0 Å². The van der Waals surface area contributed by atoms with Gasteiger partial charge in [-0.1, -0.05) is 74.5 Å². The Labute approximate surface area is 172 Å². The van der Waals surface area contributed by atoms with Gasteiger partial charge in [0.2, 0.25) is 0 Å². The fraction of sp³-hybridized carbons (Fsp3) is 0.269. The summed E-state index contributed by atoms with van der Waals surface area (Å²) in [4.78, 5) is 6.38. The minimum atomic E-state index is 0.286. The molecule has 2 heteroatoms. The first-order valence-electron chi connectivity index (χ1n) is 10.1. The number of nitrogens with zero attached hydrogens (tertiary/aromatic N) is 1. The highest BCUT2D eigenvalue weighted by atomic mass is 32.2. The van der Waals surface area contributed by atoms with E-state index in [1.807, 2.05) is 11.8 Å². The van der Waals surface area contributed by atoms with Crippen LogP contribution in [0.5, 0.6) is 0 Å². The van der Waals surface area contributed by atoms with E-state index in [-0.39, 0.29) is 6.04 Å². The summed E-state index contributed by atoms with van der Waals surface area (Å²) in [6.07, 6.45) is 2.16. The average Bonchev–Trinajstić information content (AvgIpc) is 3.19. The molecule has 1 nitrogen and oxygen atoms in total. The van der Waals surface area contributed by atoms with Crippen LogP contribution in [0.3, 0.4) is 0 Å². The van der Waals surface area contributed by atoms with Crippen LogP contribution in [0.25, 0.3) is 11.1 Å². The van der Waals surface area contributed by atoms with Crippen LogP contribution in [0.2, 0.25) is 0 Å². The van der Waals surface area contributed by atoms with E-state index in [1.54, 1.807) is 0 Å². The Morgan fingerprint density at radius 1 is 0.857 bits per heavy atom. The number of hydrogen-bond donors (Lipinski definition) is 0. The van der Waals surface area contributed by atoms with E-state index in [1.165, 1.54) is 38.4 Å². The van der Waals surface area contributed by atoms with Gasteiger partial charge in [0.05, 0.1) is 6.04 Å². The van der Waals surface area contributed by atoms with Gasteiger partial charge in [0.15, 0.2) is 0 Å². The molecule has 28 heavy (non-hydrogen) atoms. The molecule has 0 saturated heterocycles. The van der Waals surface area contributed by atoms with Crippen LogP contribution < -0.4 is 0 Å². The number of benzene rings is 3. The number of aliphatic imine (C=N–C) groups is 1. The van der Waals surface area contributed by atoms with Gasteiger partial charge in [0.25, 0.3) is 0 Å². The molecule has 0 spiro atoms. The zero-order valence-corrected chi connectivity index (χ0v) is 17.7. The van der Waals surface area contributed by atoms with E-state index in [2.05, 4.69) is 93.6 Å². The second-order valence-corrected chi connectivity index (χ2v) is 9.41. The van der Waals surface area contributed by atoms with Gasteiger partial charge in [-0.05, 0) is 59.7 Å². The molecule has 1 aliphatic rings. The maximum Gasteiger partial charge on any atom is 0.0756 e. The van der Waals surface area contributed by atoms with Crippen LogP contribution in [0.4, 0.5) is 0 Å². The molecular weight excluding hydrogens is 358 g/mol. The van der Waals surface area contributed by atoms with Crippen molar-refractivity contribution in [1.29, 1.82) is 0 Å². The molecule has 4 rings (SSSR count). The van der Waals surface area contributed by atoms with Gasteiger partial charge in [-0.25, -0.2) is 0 Å². The number of hydrogen-bond acceptors (Lipinski definition) is 2. The number of rotatable bonds is 5. The van der Waals surface area contributed by atoms with Crippen LogP contribution >= 0.6 is 11.8 Å². The molecule has 0 aromatic heterocycles. The SMILES string of the molecule is Cc1ccccc1C1=NC(c2ccc(-c3ccc(SC(C)C)cc3)cc2)CC1. The lowest BCUT2D eigenvalue weighted by molar-refractivity contribution is 0.723. The maximum absolute atomic E-state index is 5.04. The fourth-order valence-electron chi connectivity index (χ4n) is 3.83. The molecular formula is C26H27NS. The Morgan fingerprint density at radius 2 is 1.50 bits per heavy atom. The first kappa shape index (κ1) is 19.0. The zero-order chi connectivity index (χ0) is 19.5. The highest BCUT2D eigenvalue weighted by Gasteiger charge is 2.21. The van der Waals surface area contributed by atoms with Crippen molar-refractivity contribution in [2.24, 2.45) is 4.99 Å². The molecule has 0 amide bonds. The highest BCUT2D eigenvalue weighted by Crippen LogP contribution is 2.33. The summed E-state index contributed by atoms with van der Waals surface area (Å²) >= 11 is 1.91. The van der Waals surface area contributed by atoms with E-state index < -0.39 is 0 Å². The smallest absolute Gasteiger partial charge is 0.0756 e. The fourth-order valence-corrected chi connectivity index (χ4v) is 4.67. The van der Waals surface area contributed by atoms with E-state index in [0.717, 1.165) is 12.8 Å². The van der Waals surface area contributed by atoms with Crippen molar-refractivity contribution >= 4 is 17.5 Å². The first-order valence-corrected chi connectivity index (χ1v) is 11.0. The minimum Gasteiger partial charge on any atom is -0.281 e. The quantitative estimate of drug-likeness (QED) is 0.414. The van der Waals surface area contributed by atoms with E-state index in [9.17, 15) is 0 Å². The monoisotopic (exact) mass is 385 g/mol. The third kappa shape index (κ3) is 4.23. The number of thioether (sulfide) groups is 1. The second kappa shape index (κ2) is 8.36. The Balaban J connectivity index is 1.50. The maximum atomic E-state index is 5.04. The summed E-state index contributed by atoms with van der Waals surface area (Å²) in [5.74, 6) is 0. The molecule has 1 atom stereocenters. The molecule has 0 radical (unpaired) electrons. The molecule has 0 bridgehead atoms. The lowest BCUT2D eigenvalue weighted by Gasteiger charge is -2.10. The summed E-state index contributed by atoms with van der Waals surface area (Å²) in [5, 5.41) is 0.613. The molecule has 142 valence electrons. The van der Waals surface area contributed by atoms with Gasteiger partial charge < -0.3 is 0 Å². The Bertz CT molecular complexity index is 968. The van der Waals surface area contributed by atoms with Crippen molar-refractivity contribution in [1.82, 2.24) is 0 Å². The molecule has 0 saturated carbocycles. The van der Waals surface area contributed by atoms with E-state index in [0.29, 0.717) is 5.25 Å². The van der Waals surface area contributed by atoms with Gasteiger partial charge in [-0.15, -0.1) is 11.8 Å². The van der Waals surface area contributed by atoms with Crippen molar-refractivity contribution in [2.45, 2.75) is 49.8 Å². The third-order valence-corrected chi connectivity index (χ3v) is 6.29. The van der Waals surface area contributed by atoms with Gasteiger partial charge in [-0.2, -0.15) is 0 Å². The summed E-state index contributed by atoms with van der Waals surface area (Å²) in [6.45, 7) is 6.63. The summed E-state index contributed by atoms with van der Waals surface area (Å²) in [7, 11) is 0. The van der Waals surface area contributed by atoms with Crippen LogP contribution in [-0.2, 0) is 0 Å². The van der Waals surface area contributed by atoms with Gasteiger partial charge in [-0.3, -0.25) is 4.99 Å². The largest absolute Gasteiger partial charge is 0.281 e. The standard InChI is InChI=1S/C26H27NS/c1-18(2)28-23-14-12-21(13-15-23)20-8-10-22(11-9-20)25-16-17-26(27-25)24-7-5-4-6-19(24)3/h4-15,18,25H,16-17H2,1-3H3. The van der Waals surface area contributed by atoms with Crippen LogP contribution in [0.1, 0.15) is 49.4 Å². The average molecular weight is 386 g/mol. The van der Waals surface area contributed by atoms with Crippen LogP contribution in [-0.4, -0.2) is 11.0 Å². The lowest BCUT2D eigenvalue weighted by atomic mass is 9.99. The Hall–Kier alpha value is -2.32. The third-order valence-electron chi connectivity index (χ3n) is 5.28. The van der Waals surface area contributed by atoms with Gasteiger partial charge >= 0.3 is 0 Å². The summed E-state index contributed by atoms with van der Waals surface area (Å²) in [6, 6.07) is 26.7. The minimum absolute atomic E-state index is 0.286. The Morgan fingerprint density at radius 3 is 2.14 bits per heavy atom. The molecule has 0 fully saturated rings. The first-order chi connectivity index (χ1) is 13.6. The predicted octanol–water partition coefficient (Wildman–Crippen LogP) is 7.49. The van der Waals surface area contributed by atoms with Crippen molar-refractivity contribution in [3.05, 3.63) is 89.5 Å². The Kier molecular flexibility index (Phi) is 5.68. The van der Waals surface area contributed by atoms with Crippen molar-refractivity contribution in [3.63, 3.8) is 0 Å². The topological polar surface area (TPSA) is 12.4 Å². The second-order valence-electron chi connectivity index (χ2n) is 7.76. The van der Waals surface area contributed by atoms with Crippen molar-refractivity contribution < 1.29 is 0 Å². The molecule has 1 aliphatic heterocycles. The van der Waals surface area contributed by atoms with Gasteiger partial charge in [0, 0.05) is 15.9 Å². The van der Waals surface area contributed by atoms with Crippen molar-refractivity contribution in [2.75, 3.05) is 0 Å². The molecule has 0 N–H and O–H groups in total. The molecule has 0 aliphatic carbocycles. The van der Waals surface area contributed by atoms with Crippen LogP contribution in [0, 0.1) is 6.92 Å². The molecule has 1 unspecified atom stereocenters. The highest BCUT2D eigenvalue weighted by molar-refractivity contribution is 7.99. The van der Waals surface area contributed by atoms with Gasteiger partial charge in [0.1, 0.15) is 0 Å². The lowest BCUT2D eigenvalue weighted by Crippen LogP contribution is -1.98. The van der Waals surface area contributed by atoms with Crippen LogP contribution in [0.15, 0.2) is 82.7 Å².